The first kappa shape index (κ1) is 21.6. The van der Waals surface area contributed by atoms with Gasteiger partial charge in [0.25, 0.3) is 5.91 Å². The molecule has 0 unspecified atom stereocenters. The summed E-state index contributed by atoms with van der Waals surface area (Å²) in [4.78, 5) is 24.1. The van der Waals surface area contributed by atoms with E-state index in [2.05, 4.69) is 5.32 Å². The Kier molecular flexibility index (Phi) is 8.20. The van der Waals surface area contributed by atoms with Gasteiger partial charge in [-0.25, -0.2) is 9.18 Å². The van der Waals surface area contributed by atoms with Crippen molar-refractivity contribution < 1.29 is 18.7 Å². The number of carbonyl (C=O) groups is 2. The maximum absolute atomic E-state index is 13.7. The van der Waals surface area contributed by atoms with Gasteiger partial charge in [-0.1, -0.05) is 48.0 Å². The molecule has 4 nitrogen and oxygen atoms in total. The van der Waals surface area contributed by atoms with Gasteiger partial charge in [-0.2, -0.15) is 0 Å². The Morgan fingerprint density at radius 2 is 1.86 bits per heavy atom. The largest absolute Gasteiger partial charge is 0.449 e. The molecule has 0 spiro atoms. The van der Waals surface area contributed by atoms with Crippen LogP contribution >= 0.6 is 11.6 Å². The highest BCUT2D eigenvalue weighted by Crippen LogP contribution is 2.20. The fraction of sp³-hybridized carbons (Fsp3) is 0.273. The number of benzene rings is 2. The molecule has 148 valence electrons. The molecule has 28 heavy (non-hydrogen) atoms. The van der Waals surface area contributed by atoms with E-state index in [0.29, 0.717) is 0 Å². The van der Waals surface area contributed by atoms with Crippen LogP contribution in [0.1, 0.15) is 31.4 Å². The Morgan fingerprint density at radius 1 is 1.14 bits per heavy atom. The number of nitrogens with one attached hydrogen (secondary N) is 1. The Labute approximate surface area is 169 Å². The molecule has 0 saturated carbocycles. The maximum Gasteiger partial charge on any atom is 0.331 e. The minimum atomic E-state index is -0.965. The van der Waals surface area contributed by atoms with E-state index in [1.807, 2.05) is 37.3 Å². The molecule has 1 N–H and O–H groups in total. The Bertz CT molecular complexity index is 819. The van der Waals surface area contributed by atoms with Crippen molar-refractivity contribution in [2.24, 2.45) is 0 Å². The molecule has 2 aromatic carbocycles. The molecule has 0 bridgehead atoms. The van der Waals surface area contributed by atoms with Crippen LogP contribution in [0, 0.1) is 5.82 Å². The SMILES string of the molecule is C[C@H](OC(=O)/C=C/c1c(F)cccc1Cl)C(=O)N[C@@H](C)CCc1ccccc1. The molecule has 0 heterocycles. The summed E-state index contributed by atoms with van der Waals surface area (Å²) in [7, 11) is 0. The van der Waals surface area contributed by atoms with E-state index in [9.17, 15) is 14.0 Å². The fourth-order valence-electron chi connectivity index (χ4n) is 2.55. The number of rotatable bonds is 8. The topological polar surface area (TPSA) is 55.4 Å². The minimum Gasteiger partial charge on any atom is -0.449 e. The van der Waals surface area contributed by atoms with Crippen molar-refractivity contribution in [2.45, 2.75) is 38.8 Å². The second-order valence-corrected chi connectivity index (χ2v) is 6.89. The lowest BCUT2D eigenvalue weighted by Gasteiger charge is -2.17. The van der Waals surface area contributed by atoms with Crippen LogP contribution in [0.2, 0.25) is 5.02 Å². The van der Waals surface area contributed by atoms with Crippen molar-refractivity contribution in [3.05, 3.63) is 76.6 Å². The number of amides is 1. The predicted octanol–water partition coefficient (Wildman–Crippen LogP) is 4.56. The zero-order valence-electron chi connectivity index (χ0n) is 15.8. The molecule has 0 aliphatic heterocycles. The maximum atomic E-state index is 13.7. The number of carbonyl (C=O) groups excluding carboxylic acids is 2. The smallest absolute Gasteiger partial charge is 0.331 e. The summed E-state index contributed by atoms with van der Waals surface area (Å²) in [5.74, 6) is -1.68. The van der Waals surface area contributed by atoms with Crippen LogP contribution < -0.4 is 5.32 Å². The lowest BCUT2D eigenvalue weighted by molar-refractivity contribution is -0.150. The van der Waals surface area contributed by atoms with Crippen molar-refractivity contribution in [3.63, 3.8) is 0 Å². The molecule has 6 heteroatoms. The van der Waals surface area contributed by atoms with E-state index < -0.39 is 17.9 Å². The van der Waals surface area contributed by atoms with Gasteiger partial charge in [-0.05, 0) is 50.5 Å². The number of esters is 1. The second-order valence-electron chi connectivity index (χ2n) is 6.48. The monoisotopic (exact) mass is 403 g/mol. The summed E-state index contributed by atoms with van der Waals surface area (Å²) >= 11 is 5.89. The van der Waals surface area contributed by atoms with E-state index >= 15 is 0 Å². The van der Waals surface area contributed by atoms with Gasteiger partial charge in [0.1, 0.15) is 5.82 Å². The average molecular weight is 404 g/mol. The van der Waals surface area contributed by atoms with Crippen LogP contribution in [0.4, 0.5) is 4.39 Å². The highest BCUT2D eigenvalue weighted by molar-refractivity contribution is 6.32. The van der Waals surface area contributed by atoms with E-state index in [4.69, 9.17) is 16.3 Å². The van der Waals surface area contributed by atoms with Gasteiger partial charge in [-0.15, -0.1) is 0 Å². The van der Waals surface area contributed by atoms with Gasteiger partial charge in [0.15, 0.2) is 6.10 Å². The molecular weight excluding hydrogens is 381 g/mol. The van der Waals surface area contributed by atoms with Crippen LogP contribution in [0.15, 0.2) is 54.6 Å². The molecule has 2 aromatic rings. The number of hydrogen-bond acceptors (Lipinski definition) is 3. The average Bonchev–Trinajstić information content (AvgIpc) is 2.66. The molecule has 2 rings (SSSR count). The highest BCUT2D eigenvalue weighted by Gasteiger charge is 2.18. The van der Waals surface area contributed by atoms with E-state index in [-0.39, 0.29) is 22.5 Å². The van der Waals surface area contributed by atoms with Gasteiger partial charge in [0.05, 0.1) is 5.02 Å². The Balaban J connectivity index is 1.80. The first-order valence-electron chi connectivity index (χ1n) is 9.04. The number of hydrogen-bond donors (Lipinski definition) is 1. The molecule has 0 radical (unpaired) electrons. The predicted molar refractivity (Wildman–Crippen MR) is 108 cm³/mol. The van der Waals surface area contributed by atoms with E-state index in [0.717, 1.165) is 18.9 Å². The van der Waals surface area contributed by atoms with Crippen molar-refractivity contribution in [2.75, 3.05) is 0 Å². The van der Waals surface area contributed by atoms with Crippen LogP contribution in [-0.2, 0) is 20.7 Å². The summed E-state index contributed by atoms with van der Waals surface area (Å²) in [6.45, 7) is 3.39. The second kappa shape index (κ2) is 10.6. The van der Waals surface area contributed by atoms with Crippen LogP contribution in [0.5, 0.6) is 0 Å². The fourth-order valence-corrected chi connectivity index (χ4v) is 2.77. The molecule has 2 atom stereocenters. The van der Waals surface area contributed by atoms with Gasteiger partial charge in [0, 0.05) is 17.7 Å². The Morgan fingerprint density at radius 3 is 2.54 bits per heavy atom. The van der Waals surface area contributed by atoms with Gasteiger partial charge < -0.3 is 10.1 Å². The zero-order valence-corrected chi connectivity index (χ0v) is 16.6. The summed E-state index contributed by atoms with van der Waals surface area (Å²) in [5.41, 5.74) is 1.28. The van der Waals surface area contributed by atoms with Crippen molar-refractivity contribution in [1.29, 1.82) is 0 Å². The first-order chi connectivity index (χ1) is 13.4. The van der Waals surface area contributed by atoms with Gasteiger partial charge >= 0.3 is 5.97 Å². The van der Waals surface area contributed by atoms with Crippen molar-refractivity contribution >= 4 is 29.6 Å². The molecular formula is C22H23ClFNO3. The number of ether oxygens (including phenoxy) is 1. The zero-order chi connectivity index (χ0) is 20.5. The van der Waals surface area contributed by atoms with E-state index in [1.165, 1.54) is 36.8 Å². The van der Waals surface area contributed by atoms with Gasteiger partial charge in [-0.3, -0.25) is 4.79 Å². The molecule has 0 saturated heterocycles. The van der Waals surface area contributed by atoms with E-state index in [1.54, 1.807) is 0 Å². The third-order valence-corrected chi connectivity index (χ3v) is 4.48. The minimum absolute atomic E-state index is 0.0679. The summed E-state index contributed by atoms with van der Waals surface area (Å²) in [6.07, 6.45) is 2.91. The summed E-state index contributed by atoms with van der Waals surface area (Å²) < 4.78 is 18.8. The van der Waals surface area contributed by atoms with Crippen molar-refractivity contribution in [1.82, 2.24) is 5.32 Å². The third kappa shape index (κ3) is 6.82. The lowest BCUT2D eigenvalue weighted by atomic mass is 10.1. The van der Waals surface area contributed by atoms with Gasteiger partial charge in [0.2, 0.25) is 0 Å². The lowest BCUT2D eigenvalue weighted by Crippen LogP contribution is -2.40. The molecule has 0 fully saturated rings. The molecule has 0 aliphatic carbocycles. The number of aryl methyl sites for hydroxylation is 1. The molecule has 1 amide bonds. The third-order valence-electron chi connectivity index (χ3n) is 4.15. The summed E-state index contributed by atoms with van der Waals surface area (Å²) in [5, 5.41) is 3.01. The van der Waals surface area contributed by atoms with Crippen LogP contribution in [0.3, 0.4) is 0 Å². The number of halogens is 2. The molecule has 0 aliphatic rings. The van der Waals surface area contributed by atoms with Crippen LogP contribution in [0.25, 0.3) is 6.08 Å². The highest BCUT2D eigenvalue weighted by atomic mass is 35.5. The first-order valence-corrected chi connectivity index (χ1v) is 9.41. The quantitative estimate of drug-likeness (QED) is 0.519. The van der Waals surface area contributed by atoms with Crippen LogP contribution in [-0.4, -0.2) is 24.0 Å². The van der Waals surface area contributed by atoms with Crippen molar-refractivity contribution in [3.8, 4) is 0 Å². The normalized spacial score (nSPS) is 13.1. The standard InChI is InChI=1S/C22H23ClFNO3/c1-15(11-12-17-7-4-3-5-8-17)25-22(27)16(2)28-21(26)14-13-18-19(23)9-6-10-20(18)24/h3-10,13-16H,11-12H2,1-2H3,(H,25,27)/b14-13+/t15-,16-/m0/s1. The summed E-state index contributed by atoms with van der Waals surface area (Å²) in [6, 6.07) is 14.1. The Hall–Kier alpha value is -2.66. The molecule has 0 aromatic heterocycles.